The zero-order chi connectivity index (χ0) is 15.6. The third-order valence-corrected chi connectivity index (χ3v) is 2.42. The Morgan fingerprint density at radius 1 is 0.409 bits per heavy atom. The number of aliphatic imine (C=N–C) groups is 4. The van der Waals surface area contributed by atoms with Crippen molar-refractivity contribution in [2.75, 3.05) is 79.0 Å². The monoisotopic (exact) mass is 312 g/mol. The molecule has 0 atom stereocenters. The van der Waals surface area contributed by atoms with E-state index in [1.54, 1.807) is 0 Å². The zero-order valence-corrected chi connectivity index (χ0v) is 12.9. The molecule has 0 radical (unpaired) electrons. The molecule has 1 aliphatic heterocycles. The molecule has 0 unspecified atom stereocenters. The van der Waals surface area contributed by atoms with Crippen molar-refractivity contribution in [1.29, 1.82) is 0 Å². The smallest absolute Gasteiger partial charge is 0.0894 e. The Kier molecular flexibility index (Phi) is 13.5. The summed E-state index contributed by atoms with van der Waals surface area (Å²) in [5, 5.41) is 0. The molecule has 1 rings (SSSR count). The molecule has 1 heterocycles. The minimum Gasteiger partial charge on any atom is -0.377 e. The summed E-state index contributed by atoms with van der Waals surface area (Å²) in [6.45, 7) is 6.44. The molecule has 0 aromatic carbocycles. The minimum absolute atomic E-state index is 0.532. The van der Waals surface area contributed by atoms with E-state index in [1.165, 1.54) is 0 Å². The van der Waals surface area contributed by atoms with Gasteiger partial charge in [0.2, 0.25) is 0 Å². The first-order valence-corrected chi connectivity index (χ1v) is 7.47. The van der Waals surface area contributed by atoms with Gasteiger partial charge in [0.1, 0.15) is 0 Å². The van der Waals surface area contributed by atoms with Crippen molar-refractivity contribution < 1.29 is 18.9 Å². The van der Waals surface area contributed by atoms with Crippen LogP contribution in [-0.4, -0.2) is 91.1 Å². The van der Waals surface area contributed by atoms with E-state index in [2.05, 4.69) is 32.0 Å². The lowest BCUT2D eigenvalue weighted by atomic mass is 10.6. The zero-order valence-electron chi connectivity index (χ0n) is 12.9. The highest BCUT2D eigenvalue weighted by atomic mass is 16.5. The summed E-state index contributed by atoms with van der Waals surface area (Å²) >= 11 is 0. The maximum absolute atomic E-state index is 5.34. The summed E-state index contributed by atoms with van der Waals surface area (Å²) in [6, 6.07) is 5.24. The predicted molar refractivity (Wildman–Crippen MR) is 82.5 cm³/mol. The van der Waals surface area contributed by atoms with Crippen LogP contribution < -0.4 is 0 Å². The quantitative estimate of drug-likeness (QED) is 0.648. The van der Waals surface area contributed by atoms with Gasteiger partial charge in [0, 0.05) is 0 Å². The van der Waals surface area contributed by atoms with Gasteiger partial charge in [-0.05, 0) is 0 Å². The van der Waals surface area contributed by atoms with Gasteiger partial charge in [-0.25, -0.2) is 20.0 Å². The molecule has 124 valence electrons. The first-order chi connectivity index (χ1) is 11.0. The Balaban J connectivity index is 2.20. The highest BCUT2D eigenvalue weighted by Gasteiger charge is 1.90. The minimum atomic E-state index is 0.532. The highest BCUT2D eigenvalue weighted by Crippen LogP contribution is 1.82. The van der Waals surface area contributed by atoms with E-state index in [-0.39, 0.29) is 0 Å². The molecular weight excluding hydrogens is 288 g/mol. The van der Waals surface area contributed by atoms with Crippen LogP contribution >= 0.6 is 0 Å². The summed E-state index contributed by atoms with van der Waals surface area (Å²) in [5.74, 6) is 0. The van der Waals surface area contributed by atoms with Crippen LogP contribution in [0.2, 0.25) is 0 Å². The van der Waals surface area contributed by atoms with Crippen LogP contribution in [-0.2, 0) is 18.9 Å². The van der Waals surface area contributed by atoms with Crippen molar-refractivity contribution in [3.8, 4) is 0 Å². The average molecular weight is 312 g/mol. The second-order valence-corrected chi connectivity index (χ2v) is 4.18. The van der Waals surface area contributed by atoms with E-state index < -0.39 is 0 Å². The molecule has 1 aliphatic rings. The van der Waals surface area contributed by atoms with Gasteiger partial charge >= 0.3 is 0 Å². The molecular formula is C14H24N4O4. The SMILES string of the molecule is C1=NCCOCCOCCN=C=NCCOCCOCCN=1. The molecule has 0 bridgehead atoms. The van der Waals surface area contributed by atoms with Crippen LogP contribution in [0, 0.1) is 0 Å². The van der Waals surface area contributed by atoms with E-state index in [4.69, 9.17) is 18.9 Å². The summed E-state index contributed by atoms with van der Waals surface area (Å²) in [6.07, 6.45) is 0. The normalized spacial score (nSPS) is 21.1. The second-order valence-electron chi connectivity index (χ2n) is 4.18. The first kappa shape index (κ1) is 18.6. The molecule has 0 spiro atoms. The largest absolute Gasteiger partial charge is 0.377 e. The third kappa shape index (κ3) is 13.6. The van der Waals surface area contributed by atoms with Crippen LogP contribution in [0.1, 0.15) is 0 Å². The van der Waals surface area contributed by atoms with E-state index in [9.17, 15) is 0 Å². The first-order valence-electron chi connectivity index (χ1n) is 7.47. The molecule has 0 aliphatic carbocycles. The Labute approximate surface area is 131 Å². The summed E-state index contributed by atoms with van der Waals surface area (Å²) in [7, 11) is 0. The standard InChI is InChI=1S/C14H24N4O4/c1-5-19-9-10-20-7-3-17-14-18-4-8-22-12-11-21-6-2-16-13-15-1/h1-12H2. The molecule has 0 aromatic rings. The van der Waals surface area contributed by atoms with Crippen molar-refractivity contribution in [2.24, 2.45) is 20.0 Å². The lowest BCUT2D eigenvalue weighted by molar-refractivity contribution is 0.0537. The van der Waals surface area contributed by atoms with E-state index >= 15 is 0 Å². The summed E-state index contributed by atoms with van der Waals surface area (Å²) in [5.41, 5.74) is 0. The van der Waals surface area contributed by atoms with E-state index in [0.717, 1.165) is 0 Å². The Bertz CT molecular complexity index is 313. The Hall–Kier alpha value is -1.40. The Morgan fingerprint density at radius 2 is 0.682 bits per heavy atom. The third-order valence-electron chi connectivity index (χ3n) is 2.42. The van der Waals surface area contributed by atoms with Gasteiger partial charge in [0.05, 0.1) is 91.1 Å². The number of hydrogen-bond donors (Lipinski definition) is 0. The fourth-order valence-electron chi connectivity index (χ4n) is 1.38. The molecule has 0 N–H and O–H groups in total. The molecule has 8 nitrogen and oxygen atoms in total. The van der Waals surface area contributed by atoms with Gasteiger partial charge in [-0.2, -0.15) is 0 Å². The highest BCUT2D eigenvalue weighted by molar-refractivity contribution is 5.41. The number of hydrogen-bond acceptors (Lipinski definition) is 8. The molecule has 0 amide bonds. The maximum Gasteiger partial charge on any atom is 0.0894 e. The van der Waals surface area contributed by atoms with Crippen LogP contribution in [0.15, 0.2) is 20.0 Å². The van der Waals surface area contributed by atoms with Crippen LogP contribution in [0.5, 0.6) is 0 Å². The molecule has 0 fully saturated rings. The maximum atomic E-state index is 5.34. The van der Waals surface area contributed by atoms with Gasteiger partial charge in [-0.15, -0.1) is 0 Å². The lowest BCUT2D eigenvalue weighted by Gasteiger charge is -2.03. The molecule has 0 saturated carbocycles. The lowest BCUT2D eigenvalue weighted by Crippen LogP contribution is -2.09. The predicted octanol–water partition coefficient (Wildman–Crippen LogP) is 0.414. The average Bonchev–Trinajstić information content (AvgIpc) is 2.53. The molecule has 0 saturated heterocycles. The fourth-order valence-corrected chi connectivity index (χ4v) is 1.38. The van der Waals surface area contributed by atoms with Crippen molar-refractivity contribution in [2.45, 2.75) is 0 Å². The topological polar surface area (TPSA) is 86.4 Å². The van der Waals surface area contributed by atoms with Crippen molar-refractivity contribution in [1.82, 2.24) is 0 Å². The number of ether oxygens (including phenoxy) is 4. The van der Waals surface area contributed by atoms with Gasteiger partial charge in [0.15, 0.2) is 0 Å². The summed E-state index contributed by atoms with van der Waals surface area (Å²) in [4.78, 5) is 16.0. The van der Waals surface area contributed by atoms with E-state index in [0.29, 0.717) is 79.0 Å². The van der Waals surface area contributed by atoms with Gasteiger partial charge in [-0.1, -0.05) is 0 Å². The van der Waals surface area contributed by atoms with Gasteiger partial charge in [0.25, 0.3) is 0 Å². The second kappa shape index (κ2) is 16.0. The fraction of sp³-hybridized carbons (Fsp3) is 0.857. The number of rotatable bonds is 0. The van der Waals surface area contributed by atoms with Crippen LogP contribution in [0.3, 0.4) is 0 Å². The van der Waals surface area contributed by atoms with Crippen molar-refractivity contribution in [3.63, 3.8) is 0 Å². The van der Waals surface area contributed by atoms with Gasteiger partial charge in [-0.3, -0.25) is 0 Å². The molecule has 8 heteroatoms. The Morgan fingerprint density at radius 3 is 0.955 bits per heavy atom. The number of nitrogens with zero attached hydrogens (tertiary/aromatic N) is 4. The van der Waals surface area contributed by atoms with Gasteiger partial charge < -0.3 is 18.9 Å². The van der Waals surface area contributed by atoms with Crippen molar-refractivity contribution in [3.05, 3.63) is 0 Å². The van der Waals surface area contributed by atoms with Crippen molar-refractivity contribution >= 4 is 12.0 Å². The van der Waals surface area contributed by atoms with Crippen LogP contribution in [0.25, 0.3) is 0 Å². The summed E-state index contributed by atoms with van der Waals surface area (Å²) < 4.78 is 21.4. The van der Waals surface area contributed by atoms with E-state index in [1.807, 2.05) is 0 Å². The van der Waals surface area contributed by atoms with Crippen LogP contribution in [0.4, 0.5) is 0 Å². The molecule has 0 aromatic heterocycles. The molecule has 22 heavy (non-hydrogen) atoms.